The van der Waals surface area contributed by atoms with Gasteiger partial charge in [-0.1, -0.05) is 19.1 Å². The minimum atomic E-state index is 0.339. The van der Waals surface area contributed by atoms with Crippen LogP contribution in [0.3, 0.4) is 0 Å². The van der Waals surface area contributed by atoms with Crippen LogP contribution in [-0.2, 0) is 6.42 Å². The monoisotopic (exact) mass is 292 g/mol. The Balaban J connectivity index is 2.08. The molecule has 2 rings (SSSR count). The summed E-state index contributed by atoms with van der Waals surface area (Å²) in [5.41, 5.74) is 2.44. The summed E-state index contributed by atoms with van der Waals surface area (Å²) in [6.07, 6.45) is 0.954. The van der Waals surface area contributed by atoms with Crippen molar-refractivity contribution >= 4 is 23.1 Å². The summed E-state index contributed by atoms with van der Waals surface area (Å²) >= 11 is 3.62. The maximum atomic E-state index is 4.55. The topological polar surface area (TPSA) is 24.9 Å². The molecule has 1 N–H and O–H groups in total. The molecule has 4 heteroatoms. The van der Waals surface area contributed by atoms with Crippen LogP contribution in [0.15, 0.2) is 34.5 Å². The van der Waals surface area contributed by atoms with Crippen molar-refractivity contribution < 1.29 is 0 Å². The van der Waals surface area contributed by atoms with Gasteiger partial charge in [0, 0.05) is 28.4 Å². The van der Waals surface area contributed by atoms with Crippen LogP contribution in [0.4, 0.5) is 0 Å². The van der Waals surface area contributed by atoms with Gasteiger partial charge in [0.25, 0.3) is 0 Å². The zero-order valence-electron chi connectivity index (χ0n) is 11.6. The number of aryl methyl sites for hydroxylation is 1. The molecule has 0 bridgehead atoms. The lowest BCUT2D eigenvalue weighted by atomic mass is 10.0. The molecule has 2 aromatic rings. The normalized spacial score (nSPS) is 12.6. The van der Waals surface area contributed by atoms with Crippen LogP contribution in [0.5, 0.6) is 0 Å². The van der Waals surface area contributed by atoms with Crippen molar-refractivity contribution in [3.63, 3.8) is 0 Å². The van der Waals surface area contributed by atoms with Crippen LogP contribution in [-0.4, -0.2) is 17.8 Å². The third-order valence-electron chi connectivity index (χ3n) is 2.99. The molecule has 0 amide bonds. The third kappa shape index (κ3) is 4.06. The van der Waals surface area contributed by atoms with E-state index in [1.807, 2.05) is 25.7 Å². The summed E-state index contributed by atoms with van der Waals surface area (Å²) in [7, 11) is 2.01. The van der Waals surface area contributed by atoms with Crippen molar-refractivity contribution in [1.82, 2.24) is 10.3 Å². The summed E-state index contributed by atoms with van der Waals surface area (Å²) in [5, 5.41) is 6.70. The number of likely N-dealkylation sites (N-methyl/N-ethyl adjacent to an activating group) is 1. The fraction of sp³-hybridized carbons (Fsp3) is 0.400. The van der Waals surface area contributed by atoms with Gasteiger partial charge in [0.1, 0.15) is 0 Å². The Kier molecular flexibility index (Phi) is 5.43. The number of thiazole rings is 1. The second-order valence-corrected chi connectivity index (χ2v) is 6.71. The molecule has 0 spiro atoms. The lowest BCUT2D eigenvalue weighted by molar-refractivity contribution is 0.589. The van der Waals surface area contributed by atoms with Crippen molar-refractivity contribution in [3.8, 4) is 0 Å². The Labute approximate surface area is 123 Å². The van der Waals surface area contributed by atoms with Crippen LogP contribution >= 0.6 is 23.1 Å². The molecule has 19 heavy (non-hydrogen) atoms. The van der Waals surface area contributed by atoms with Crippen molar-refractivity contribution in [2.45, 2.75) is 31.2 Å². The molecule has 1 aromatic carbocycles. The number of rotatable bonds is 6. The fourth-order valence-corrected chi connectivity index (χ4v) is 3.50. The van der Waals surface area contributed by atoms with Crippen LogP contribution in [0.1, 0.15) is 29.2 Å². The number of benzene rings is 1. The third-order valence-corrected chi connectivity index (χ3v) is 4.87. The molecule has 0 saturated carbocycles. The van der Waals surface area contributed by atoms with E-state index < -0.39 is 0 Å². The van der Waals surface area contributed by atoms with Crippen LogP contribution in [0, 0.1) is 6.92 Å². The van der Waals surface area contributed by atoms with Crippen molar-refractivity contribution in [3.05, 3.63) is 45.9 Å². The van der Waals surface area contributed by atoms with Gasteiger partial charge in [-0.05, 0) is 37.4 Å². The number of aromatic nitrogens is 1. The minimum absolute atomic E-state index is 0.339. The Morgan fingerprint density at radius 3 is 2.58 bits per heavy atom. The Hall–Kier alpha value is -0.840. The highest BCUT2D eigenvalue weighted by Gasteiger charge is 2.12. The molecule has 0 aliphatic carbocycles. The summed E-state index contributed by atoms with van der Waals surface area (Å²) < 4.78 is 0. The van der Waals surface area contributed by atoms with Crippen LogP contribution < -0.4 is 5.32 Å². The minimum Gasteiger partial charge on any atom is -0.313 e. The molecule has 1 aromatic heterocycles. The number of nitrogens with zero attached hydrogens (tertiary/aromatic N) is 1. The first kappa shape index (κ1) is 14.6. The maximum absolute atomic E-state index is 4.55. The van der Waals surface area contributed by atoms with Gasteiger partial charge in [0.15, 0.2) is 0 Å². The average Bonchev–Trinajstić information content (AvgIpc) is 2.83. The highest BCUT2D eigenvalue weighted by atomic mass is 32.2. The van der Waals surface area contributed by atoms with E-state index in [-0.39, 0.29) is 0 Å². The van der Waals surface area contributed by atoms with Gasteiger partial charge in [-0.15, -0.1) is 23.1 Å². The predicted molar refractivity (Wildman–Crippen MR) is 85.2 cm³/mol. The summed E-state index contributed by atoms with van der Waals surface area (Å²) in [5.74, 6) is 1.12. The lowest BCUT2D eigenvalue weighted by Gasteiger charge is -2.15. The van der Waals surface area contributed by atoms with Crippen molar-refractivity contribution in [1.29, 1.82) is 0 Å². The molecule has 1 atom stereocenters. The highest BCUT2D eigenvalue weighted by Crippen LogP contribution is 2.24. The van der Waals surface area contributed by atoms with Crippen molar-refractivity contribution in [2.24, 2.45) is 0 Å². The van der Waals surface area contributed by atoms with E-state index in [4.69, 9.17) is 0 Å². The first-order valence-electron chi connectivity index (χ1n) is 6.54. The molecule has 1 heterocycles. The van der Waals surface area contributed by atoms with Crippen LogP contribution in [0.2, 0.25) is 0 Å². The standard InChI is InChI=1S/C15H20N2S2/c1-4-18-13-7-5-12(6-8-13)14(16-3)9-15-17-11(2)10-19-15/h5-8,10,14,16H,4,9H2,1-3H3. The lowest BCUT2D eigenvalue weighted by Crippen LogP contribution is -2.18. The number of hydrogen-bond donors (Lipinski definition) is 1. The van der Waals surface area contributed by atoms with E-state index in [0.29, 0.717) is 6.04 Å². The van der Waals surface area contributed by atoms with E-state index >= 15 is 0 Å². The van der Waals surface area contributed by atoms with E-state index in [1.54, 1.807) is 11.3 Å². The summed E-state index contributed by atoms with van der Waals surface area (Å²) in [6.45, 7) is 4.23. The van der Waals surface area contributed by atoms with Crippen molar-refractivity contribution in [2.75, 3.05) is 12.8 Å². The van der Waals surface area contributed by atoms with Gasteiger partial charge < -0.3 is 5.32 Å². The maximum Gasteiger partial charge on any atom is 0.0947 e. The molecule has 0 aliphatic rings. The molecule has 0 aliphatic heterocycles. The number of nitrogens with one attached hydrogen (secondary N) is 1. The number of hydrogen-bond acceptors (Lipinski definition) is 4. The van der Waals surface area contributed by atoms with Gasteiger partial charge >= 0.3 is 0 Å². The van der Waals surface area contributed by atoms with E-state index in [0.717, 1.165) is 17.9 Å². The zero-order valence-corrected chi connectivity index (χ0v) is 13.3. The highest BCUT2D eigenvalue weighted by molar-refractivity contribution is 7.99. The Morgan fingerprint density at radius 1 is 1.32 bits per heavy atom. The van der Waals surface area contributed by atoms with Gasteiger partial charge in [-0.3, -0.25) is 0 Å². The second kappa shape index (κ2) is 7.08. The smallest absolute Gasteiger partial charge is 0.0947 e. The fourth-order valence-electron chi connectivity index (χ4n) is 2.02. The molecule has 0 fully saturated rings. The van der Waals surface area contributed by atoms with Gasteiger partial charge in [-0.2, -0.15) is 0 Å². The second-order valence-electron chi connectivity index (χ2n) is 4.43. The SMILES string of the molecule is CCSc1ccc(C(Cc2nc(C)cs2)NC)cc1. The number of thioether (sulfide) groups is 1. The quantitative estimate of drug-likeness (QED) is 0.813. The van der Waals surface area contributed by atoms with E-state index in [1.165, 1.54) is 15.5 Å². The average molecular weight is 292 g/mol. The molecular weight excluding hydrogens is 272 g/mol. The largest absolute Gasteiger partial charge is 0.313 e. The van der Waals surface area contributed by atoms with Gasteiger partial charge in [0.05, 0.1) is 5.01 Å². The molecular formula is C15H20N2S2. The first-order chi connectivity index (χ1) is 9.22. The Bertz CT molecular complexity index is 505. The zero-order chi connectivity index (χ0) is 13.7. The molecule has 0 saturated heterocycles. The van der Waals surface area contributed by atoms with E-state index in [2.05, 4.69) is 46.9 Å². The van der Waals surface area contributed by atoms with Gasteiger partial charge in [-0.25, -0.2) is 4.98 Å². The first-order valence-corrected chi connectivity index (χ1v) is 8.40. The van der Waals surface area contributed by atoms with E-state index in [9.17, 15) is 0 Å². The molecule has 102 valence electrons. The van der Waals surface area contributed by atoms with Gasteiger partial charge in [0.2, 0.25) is 0 Å². The van der Waals surface area contributed by atoms with Crippen LogP contribution in [0.25, 0.3) is 0 Å². The summed E-state index contributed by atoms with van der Waals surface area (Å²) in [4.78, 5) is 5.88. The molecule has 2 nitrogen and oxygen atoms in total. The Morgan fingerprint density at radius 2 is 2.05 bits per heavy atom. The summed E-state index contributed by atoms with van der Waals surface area (Å²) in [6, 6.07) is 9.20. The molecule has 1 unspecified atom stereocenters. The predicted octanol–water partition coefficient (Wildman–Crippen LogP) is 4.07. The molecule has 0 radical (unpaired) electrons.